The average Bonchev–Trinajstić information content (AvgIpc) is 2.50. The number of hydrogen-bond donors (Lipinski definition) is 0. The zero-order valence-corrected chi connectivity index (χ0v) is 13.7. The highest BCUT2D eigenvalue weighted by atomic mass is 28.3. The summed E-state index contributed by atoms with van der Waals surface area (Å²) in [6, 6.07) is 20.8. The fourth-order valence-electron chi connectivity index (χ4n) is 1.78. The van der Waals surface area contributed by atoms with E-state index in [0.717, 1.165) is 13.2 Å². The van der Waals surface area contributed by atoms with Crippen LogP contribution in [0.2, 0.25) is 6.55 Å². The van der Waals surface area contributed by atoms with Gasteiger partial charge >= 0.3 is 9.28 Å². The first-order chi connectivity index (χ1) is 9.77. The Kier molecular flexibility index (Phi) is 8.63. The first-order valence-electron chi connectivity index (χ1n) is 7.11. The third-order valence-electron chi connectivity index (χ3n) is 2.68. The van der Waals surface area contributed by atoms with Crippen molar-refractivity contribution in [3.8, 4) is 11.1 Å². The molecule has 3 heteroatoms. The van der Waals surface area contributed by atoms with E-state index in [0.29, 0.717) is 0 Å². The third-order valence-corrected chi connectivity index (χ3v) is 4.29. The molecule has 2 aromatic rings. The molecule has 2 rings (SSSR count). The molecule has 2 aromatic carbocycles. The highest BCUT2D eigenvalue weighted by molar-refractivity contribution is 6.42. The topological polar surface area (TPSA) is 18.5 Å². The molecule has 0 bridgehead atoms. The van der Waals surface area contributed by atoms with Gasteiger partial charge in [0.15, 0.2) is 0 Å². The van der Waals surface area contributed by atoms with Crippen molar-refractivity contribution in [2.24, 2.45) is 0 Å². The average molecular weight is 288 g/mol. The molecule has 0 heterocycles. The zero-order chi connectivity index (χ0) is 14.6. The molecule has 2 nitrogen and oxygen atoms in total. The standard InChI is InChI=1S/C12H10.C5H14O2Si/c1-3-7-11(8-4-1)12-9-5-2-6-10-12;1-4-6-8(3)7-5-2/h1-10H;8H,4-5H2,1-3H3. The summed E-state index contributed by atoms with van der Waals surface area (Å²) in [5.74, 6) is 0. The largest absolute Gasteiger partial charge is 0.397 e. The summed E-state index contributed by atoms with van der Waals surface area (Å²) in [5, 5.41) is 0. The summed E-state index contributed by atoms with van der Waals surface area (Å²) in [6.07, 6.45) is 0. The highest BCUT2D eigenvalue weighted by Gasteiger charge is 1.99. The van der Waals surface area contributed by atoms with Gasteiger partial charge in [-0.1, -0.05) is 60.7 Å². The molecule has 0 aliphatic heterocycles. The van der Waals surface area contributed by atoms with Gasteiger partial charge in [0.25, 0.3) is 0 Å². The maximum atomic E-state index is 5.20. The lowest BCUT2D eigenvalue weighted by atomic mass is 10.1. The van der Waals surface area contributed by atoms with Crippen LogP contribution < -0.4 is 0 Å². The number of benzene rings is 2. The van der Waals surface area contributed by atoms with Crippen LogP contribution in [0.4, 0.5) is 0 Å². The Morgan fingerprint density at radius 2 is 1.05 bits per heavy atom. The molecule has 0 saturated carbocycles. The predicted molar refractivity (Wildman–Crippen MR) is 88.1 cm³/mol. The van der Waals surface area contributed by atoms with E-state index >= 15 is 0 Å². The van der Waals surface area contributed by atoms with Gasteiger partial charge in [-0.15, -0.1) is 0 Å². The molecule has 20 heavy (non-hydrogen) atoms. The van der Waals surface area contributed by atoms with Gasteiger partial charge < -0.3 is 8.85 Å². The van der Waals surface area contributed by atoms with Gasteiger partial charge in [0.1, 0.15) is 0 Å². The van der Waals surface area contributed by atoms with Crippen molar-refractivity contribution in [2.45, 2.75) is 20.4 Å². The summed E-state index contributed by atoms with van der Waals surface area (Å²) < 4.78 is 10.4. The fourth-order valence-corrected chi connectivity index (χ4v) is 2.81. The van der Waals surface area contributed by atoms with Crippen LogP contribution in [0.5, 0.6) is 0 Å². The Hall–Kier alpha value is -1.42. The minimum Gasteiger partial charge on any atom is -0.397 e. The van der Waals surface area contributed by atoms with E-state index < -0.39 is 9.28 Å². The molecule has 0 saturated heterocycles. The van der Waals surface area contributed by atoms with Gasteiger partial charge in [-0.25, -0.2) is 0 Å². The maximum absolute atomic E-state index is 5.20. The van der Waals surface area contributed by atoms with Gasteiger partial charge in [0.2, 0.25) is 0 Å². The van der Waals surface area contributed by atoms with Crippen molar-refractivity contribution in [1.29, 1.82) is 0 Å². The van der Waals surface area contributed by atoms with E-state index in [1.54, 1.807) is 0 Å². The van der Waals surface area contributed by atoms with Gasteiger partial charge in [-0.05, 0) is 31.5 Å². The van der Waals surface area contributed by atoms with Crippen LogP contribution in [-0.4, -0.2) is 22.5 Å². The molecular weight excluding hydrogens is 264 g/mol. The lowest BCUT2D eigenvalue weighted by Crippen LogP contribution is -2.17. The van der Waals surface area contributed by atoms with E-state index in [4.69, 9.17) is 8.85 Å². The second-order valence-electron chi connectivity index (χ2n) is 4.21. The molecule has 0 N–H and O–H groups in total. The Morgan fingerprint density at radius 1 is 0.700 bits per heavy atom. The molecule has 0 atom stereocenters. The Labute approximate surface area is 124 Å². The number of hydrogen-bond acceptors (Lipinski definition) is 2. The fraction of sp³-hybridized carbons (Fsp3) is 0.294. The van der Waals surface area contributed by atoms with Crippen molar-refractivity contribution in [3.05, 3.63) is 60.7 Å². The Morgan fingerprint density at radius 3 is 1.35 bits per heavy atom. The molecule has 0 aliphatic rings. The van der Waals surface area contributed by atoms with Crippen LogP contribution in [0, 0.1) is 0 Å². The first kappa shape index (κ1) is 16.6. The zero-order valence-electron chi connectivity index (χ0n) is 12.6. The van der Waals surface area contributed by atoms with E-state index in [9.17, 15) is 0 Å². The van der Waals surface area contributed by atoms with Crippen LogP contribution in [0.25, 0.3) is 11.1 Å². The van der Waals surface area contributed by atoms with Crippen LogP contribution >= 0.6 is 0 Å². The SMILES string of the molecule is CCO[SiH](C)OCC.c1ccc(-c2ccccc2)cc1. The molecule has 0 aliphatic carbocycles. The smallest absolute Gasteiger partial charge is 0.318 e. The highest BCUT2D eigenvalue weighted by Crippen LogP contribution is 2.17. The second-order valence-corrected chi connectivity index (χ2v) is 6.01. The van der Waals surface area contributed by atoms with Gasteiger partial charge in [0, 0.05) is 13.2 Å². The van der Waals surface area contributed by atoms with Crippen molar-refractivity contribution in [2.75, 3.05) is 13.2 Å². The van der Waals surface area contributed by atoms with Crippen molar-refractivity contribution < 1.29 is 8.85 Å². The molecule has 0 amide bonds. The van der Waals surface area contributed by atoms with Crippen LogP contribution in [-0.2, 0) is 8.85 Å². The molecule has 0 spiro atoms. The monoisotopic (exact) mass is 288 g/mol. The Bertz CT molecular complexity index is 402. The third kappa shape index (κ3) is 6.66. The summed E-state index contributed by atoms with van der Waals surface area (Å²) in [5.41, 5.74) is 2.55. The lowest BCUT2D eigenvalue weighted by molar-refractivity contribution is 0.219. The summed E-state index contributed by atoms with van der Waals surface area (Å²) in [4.78, 5) is 0. The van der Waals surface area contributed by atoms with E-state index in [1.165, 1.54) is 11.1 Å². The first-order valence-corrected chi connectivity index (χ1v) is 9.21. The van der Waals surface area contributed by atoms with Crippen LogP contribution in [0.15, 0.2) is 60.7 Å². The summed E-state index contributed by atoms with van der Waals surface area (Å²) in [7, 11) is -1.20. The maximum Gasteiger partial charge on any atom is 0.318 e. The molecular formula is C17H24O2Si. The van der Waals surface area contributed by atoms with E-state index in [2.05, 4.69) is 48.5 Å². The lowest BCUT2D eigenvalue weighted by Gasteiger charge is -2.07. The Balaban J connectivity index is 0.000000221. The molecule has 0 unspecified atom stereocenters. The summed E-state index contributed by atoms with van der Waals surface area (Å²) >= 11 is 0. The molecule has 0 fully saturated rings. The summed E-state index contributed by atoms with van der Waals surface area (Å²) in [6.45, 7) is 7.58. The predicted octanol–water partition coefficient (Wildman–Crippen LogP) is 4.26. The van der Waals surface area contributed by atoms with Gasteiger partial charge in [0.05, 0.1) is 0 Å². The molecule has 0 aromatic heterocycles. The van der Waals surface area contributed by atoms with Crippen LogP contribution in [0.3, 0.4) is 0 Å². The van der Waals surface area contributed by atoms with Crippen molar-refractivity contribution in [3.63, 3.8) is 0 Å². The normalized spacial score (nSPS) is 10.0. The molecule has 0 radical (unpaired) electrons. The number of rotatable bonds is 5. The van der Waals surface area contributed by atoms with Crippen molar-refractivity contribution >= 4 is 9.28 Å². The minimum atomic E-state index is -1.20. The van der Waals surface area contributed by atoms with E-state index in [1.807, 2.05) is 32.5 Å². The molecule has 108 valence electrons. The van der Waals surface area contributed by atoms with Crippen molar-refractivity contribution in [1.82, 2.24) is 0 Å². The quantitative estimate of drug-likeness (QED) is 0.765. The van der Waals surface area contributed by atoms with Crippen LogP contribution in [0.1, 0.15) is 13.8 Å². The minimum absolute atomic E-state index is 0.785. The van der Waals surface area contributed by atoms with Gasteiger partial charge in [-0.2, -0.15) is 0 Å². The second kappa shape index (κ2) is 10.4. The van der Waals surface area contributed by atoms with E-state index in [-0.39, 0.29) is 0 Å². The van der Waals surface area contributed by atoms with Gasteiger partial charge in [-0.3, -0.25) is 0 Å².